The lowest BCUT2D eigenvalue weighted by molar-refractivity contribution is 0.0902. The first-order valence-electron chi connectivity index (χ1n) is 9.19. The molecule has 4 atom stereocenters. The Labute approximate surface area is 126 Å². The third kappa shape index (κ3) is 2.45. The Morgan fingerprint density at radius 3 is 2.15 bits per heavy atom. The van der Waals surface area contributed by atoms with Crippen molar-refractivity contribution in [1.29, 1.82) is 0 Å². The maximum absolute atomic E-state index is 4.14. The van der Waals surface area contributed by atoms with Crippen LogP contribution in [-0.2, 0) is 0 Å². The van der Waals surface area contributed by atoms with Gasteiger partial charge in [0.15, 0.2) is 0 Å². The molecule has 1 heteroatoms. The summed E-state index contributed by atoms with van der Waals surface area (Å²) in [6, 6.07) is 1.46. The molecule has 2 bridgehead atoms. The highest BCUT2D eigenvalue weighted by Gasteiger charge is 2.59. The Bertz CT molecular complexity index is 335. The maximum atomic E-state index is 4.14. The molecular formula is C19H35N. The van der Waals surface area contributed by atoms with Crippen molar-refractivity contribution in [2.24, 2.45) is 22.7 Å². The van der Waals surface area contributed by atoms with Crippen molar-refractivity contribution >= 4 is 0 Å². The fourth-order valence-electron chi connectivity index (χ4n) is 5.93. The molecule has 0 aromatic carbocycles. The van der Waals surface area contributed by atoms with Crippen molar-refractivity contribution in [2.45, 2.75) is 97.6 Å². The van der Waals surface area contributed by atoms with E-state index in [-0.39, 0.29) is 0 Å². The minimum absolute atomic E-state index is 0.506. The first kappa shape index (κ1) is 14.9. The molecule has 0 aromatic rings. The van der Waals surface area contributed by atoms with Gasteiger partial charge in [0.1, 0.15) is 0 Å². The molecule has 0 aliphatic heterocycles. The van der Waals surface area contributed by atoms with Gasteiger partial charge in [0.25, 0.3) is 0 Å². The minimum Gasteiger partial charge on any atom is -0.310 e. The topological polar surface area (TPSA) is 12.0 Å². The minimum atomic E-state index is 0.506. The normalized spacial score (nSPS) is 42.6. The van der Waals surface area contributed by atoms with E-state index in [1.54, 1.807) is 0 Å². The number of hydrogen-bond donors (Lipinski definition) is 1. The van der Waals surface area contributed by atoms with Crippen molar-refractivity contribution < 1.29 is 0 Å². The lowest BCUT2D eigenvalue weighted by atomic mass is 9.68. The van der Waals surface area contributed by atoms with E-state index in [9.17, 15) is 0 Å². The lowest BCUT2D eigenvalue weighted by Crippen LogP contribution is -2.54. The Morgan fingerprint density at radius 2 is 1.60 bits per heavy atom. The van der Waals surface area contributed by atoms with Gasteiger partial charge in [0.05, 0.1) is 0 Å². The maximum Gasteiger partial charge on any atom is 0.0177 e. The van der Waals surface area contributed by atoms with Crippen molar-refractivity contribution in [3.05, 3.63) is 0 Å². The van der Waals surface area contributed by atoms with Crippen molar-refractivity contribution in [2.75, 3.05) is 0 Å². The van der Waals surface area contributed by atoms with E-state index in [0.29, 0.717) is 16.9 Å². The number of nitrogens with one attached hydrogen (secondary N) is 1. The van der Waals surface area contributed by atoms with E-state index in [1.807, 2.05) is 0 Å². The molecule has 3 rings (SSSR count). The third-order valence-corrected chi connectivity index (χ3v) is 7.31. The van der Waals surface area contributed by atoms with E-state index in [4.69, 9.17) is 0 Å². The highest BCUT2D eigenvalue weighted by atomic mass is 15.0. The van der Waals surface area contributed by atoms with Gasteiger partial charge in [0, 0.05) is 12.1 Å². The van der Waals surface area contributed by atoms with Gasteiger partial charge in [-0.25, -0.2) is 0 Å². The molecule has 116 valence electrons. The first-order chi connectivity index (χ1) is 9.43. The van der Waals surface area contributed by atoms with Crippen LogP contribution in [0.5, 0.6) is 0 Å². The number of fused-ring (bicyclic) bond motifs is 2. The fourth-order valence-corrected chi connectivity index (χ4v) is 5.93. The molecule has 0 radical (unpaired) electrons. The molecule has 0 spiro atoms. The zero-order valence-electron chi connectivity index (χ0n) is 14.2. The highest BCUT2D eigenvalue weighted by Crippen LogP contribution is 2.62. The summed E-state index contributed by atoms with van der Waals surface area (Å²) in [6.07, 6.45) is 13.2. The van der Waals surface area contributed by atoms with Crippen LogP contribution in [0, 0.1) is 22.7 Å². The second kappa shape index (κ2) is 5.30. The molecule has 0 amide bonds. The largest absolute Gasteiger partial charge is 0.310 e. The van der Waals surface area contributed by atoms with E-state index in [2.05, 4.69) is 33.0 Å². The Balaban J connectivity index is 1.67. The zero-order valence-corrected chi connectivity index (χ0v) is 14.2. The molecule has 1 N–H and O–H groups in total. The van der Waals surface area contributed by atoms with Gasteiger partial charge in [-0.05, 0) is 61.7 Å². The van der Waals surface area contributed by atoms with E-state index in [1.165, 1.54) is 57.8 Å². The average Bonchev–Trinajstić information content (AvgIpc) is 2.71. The van der Waals surface area contributed by atoms with Gasteiger partial charge >= 0.3 is 0 Å². The Hall–Kier alpha value is -0.0400. The van der Waals surface area contributed by atoms with Gasteiger partial charge in [-0.2, -0.15) is 0 Å². The Morgan fingerprint density at radius 1 is 0.950 bits per heavy atom. The fraction of sp³-hybridized carbons (Fsp3) is 1.00. The average molecular weight is 277 g/mol. The van der Waals surface area contributed by atoms with Gasteiger partial charge in [-0.15, -0.1) is 0 Å². The van der Waals surface area contributed by atoms with Crippen LogP contribution in [0.1, 0.15) is 85.5 Å². The predicted molar refractivity (Wildman–Crippen MR) is 86.8 cm³/mol. The lowest BCUT2D eigenvalue weighted by Gasteiger charge is -2.45. The smallest absolute Gasteiger partial charge is 0.0177 e. The van der Waals surface area contributed by atoms with Crippen LogP contribution in [-0.4, -0.2) is 12.1 Å². The summed E-state index contributed by atoms with van der Waals surface area (Å²) in [5.41, 5.74) is 1.08. The molecule has 1 unspecified atom stereocenters. The summed E-state index contributed by atoms with van der Waals surface area (Å²) >= 11 is 0. The van der Waals surface area contributed by atoms with Crippen molar-refractivity contribution in [3.63, 3.8) is 0 Å². The monoisotopic (exact) mass is 277 g/mol. The standard InChI is InChI=1S/C19H35N/c1-14(15-9-7-5-6-8-10-15)20-17-18(2,3)16-11-12-19(17,4)13-16/h14-17,20H,5-13H2,1-4H3/t14-,16+,17?,19-/m1/s1. The number of hydrogen-bond acceptors (Lipinski definition) is 1. The summed E-state index contributed by atoms with van der Waals surface area (Å²) in [6.45, 7) is 10.1. The molecule has 20 heavy (non-hydrogen) atoms. The Kier molecular flexibility index (Phi) is 3.95. The third-order valence-electron chi connectivity index (χ3n) is 7.31. The zero-order chi connectivity index (χ0) is 14.4. The van der Waals surface area contributed by atoms with E-state index in [0.717, 1.165) is 17.9 Å². The summed E-state index contributed by atoms with van der Waals surface area (Å²) in [7, 11) is 0. The van der Waals surface area contributed by atoms with Crippen LogP contribution in [0.3, 0.4) is 0 Å². The van der Waals surface area contributed by atoms with E-state index >= 15 is 0 Å². The molecule has 1 nitrogen and oxygen atoms in total. The second-order valence-electron chi connectivity index (χ2n) is 9.06. The summed E-state index contributed by atoms with van der Waals surface area (Å²) in [4.78, 5) is 0. The van der Waals surface area contributed by atoms with Gasteiger partial charge in [0.2, 0.25) is 0 Å². The SMILES string of the molecule is C[C@@H](NC1C(C)(C)[C@H]2CC[C@]1(C)C2)C1CCCCCC1. The van der Waals surface area contributed by atoms with Gasteiger partial charge in [-0.3, -0.25) is 0 Å². The van der Waals surface area contributed by atoms with Crippen molar-refractivity contribution in [3.8, 4) is 0 Å². The number of rotatable bonds is 3. The van der Waals surface area contributed by atoms with Gasteiger partial charge < -0.3 is 5.32 Å². The molecule has 0 aromatic heterocycles. The molecule has 3 aliphatic rings. The van der Waals surface area contributed by atoms with Crippen LogP contribution in [0.4, 0.5) is 0 Å². The second-order valence-corrected chi connectivity index (χ2v) is 9.06. The molecule has 0 saturated heterocycles. The molecule has 0 heterocycles. The predicted octanol–water partition coefficient (Wildman–Crippen LogP) is 5.15. The highest BCUT2D eigenvalue weighted by molar-refractivity contribution is 5.12. The van der Waals surface area contributed by atoms with Gasteiger partial charge in [-0.1, -0.05) is 46.5 Å². The van der Waals surface area contributed by atoms with Crippen LogP contribution < -0.4 is 5.32 Å². The van der Waals surface area contributed by atoms with Crippen LogP contribution in [0.15, 0.2) is 0 Å². The molecular weight excluding hydrogens is 242 g/mol. The molecule has 3 fully saturated rings. The quantitative estimate of drug-likeness (QED) is 0.703. The van der Waals surface area contributed by atoms with Crippen LogP contribution >= 0.6 is 0 Å². The molecule has 3 aliphatic carbocycles. The van der Waals surface area contributed by atoms with Crippen LogP contribution in [0.2, 0.25) is 0 Å². The van der Waals surface area contributed by atoms with Crippen molar-refractivity contribution in [1.82, 2.24) is 5.32 Å². The summed E-state index contributed by atoms with van der Waals surface area (Å²) < 4.78 is 0. The van der Waals surface area contributed by atoms with E-state index < -0.39 is 0 Å². The molecule has 3 saturated carbocycles. The first-order valence-corrected chi connectivity index (χ1v) is 9.19. The summed E-state index contributed by atoms with van der Waals surface area (Å²) in [5, 5.41) is 4.14. The van der Waals surface area contributed by atoms with Crippen LogP contribution in [0.25, 0.3) is 0 Å². The summed E-state index contributed by atoms with van der Waals surface area (Å²) in [5.74, 6) is 1.89.